The van der Waals surface area contributed by atoms with Crippen LogP contribution in [0.4, 0.5) is 5.69 Å². The van der Waals surface area contributed by atoms with Gasteiger partial charge in [0.2, 0.25) is 17.6 Å². The molecule has 4 aromatic rings. The molecule has 6 nitrogen and oxygen atoms in total. The molecule has 2 aromatic carbocycles. The van der Waals surface area contributed by atoms with Crippen LogP contribution in [0.5, 0.6) is 0 Å². The van der Waals surface area contributed by atoms with Gasteiger partial charge < -0.3 is 9.84 Å². The smallest absolute Gasteiger partial charge is 0.227 e. The van der Waals surface area contributed by atoms with E-state index in [9.17, 15) is 4.79 Å². The van der Waals surface area contributed by atoms with Crippen LogP contribution in [0.1, 0.15) is 23.4 Å². The Morgan fingerprint density at radius 3 is 2.83 bits per heavy atom. The highest BCUT2D eigenvalue weighted by atomic mass is 16.5. The van der Waals surface area contributed by atoms with Gasteiger partial charge in [-0.3, -0.25) is 9.78 Å². The van der Waals surface area contributed by atoms with Crippen molar-refractivity contribution in [2.24, 2.45) is 0 Å². The van der Waals surface area contributed by atoms with Crippen molar-refractivity contribution in [3.63, 3.8) is 0 Å². The van der Waals surface area contributed by atoms with Gasteiger partial charge in [-0.25, -0.2) is 0 Å². The first-order valence-electron chi connectivity index (χ1n) is 9.50. The predicted molar refractivity (Wildman–Crippen MR) is 109 cm³/mol. The second kappa shape index (κ2) is 7.31. The Bertz CT molecular complexity index is 1180. The molecule has 0 atom stereocenters. The maximum absolute atomic E-state index is 12.4. The van der Waals surface area contributed by atoms with E-state index < -0.39 is 0 Å². The molecular formula is C23H18N4O2. The Kier molecular flexibility index (Phi) is 4.37. The first-order valence-corrected chi connectivity index (χ1v) is 9.50. The molecule has 0 unspecified atom stereocenters. The second-order valence-corrected chi connectivity index (χ2v) is 7.01. The lowest BCUT2D eigenvalue weighted by Crippen LogP contribution is -2.12. The summed E-state index contributed by atoms with van der Waals surface area (Å²) in [6.45, 7) is 0. The van der Waals surface area contributed by atoms with Crippen LogP contribution in [0.25, 0.3) is 22.5 Å². The zero-order chi connectivity index (χ0) is 19.6. The summed E-state index contributed by atoms with van der Waals surface area (Å²) >= 11 is 0. The van der Waals surface area contributed by atoms with Crippen molar-refractivity contribution in [1.29, 1.82) is 0 Å². The van der Waals surface area contributed by atoms with Crippen LogP contribution in [0, 0.1) is 0 Å². The number of aryl methyl sites for hydroxylation is 1. The van der Waals surface area contributed by atoms with Crippen molar-refractivity contribution < 1.29 is 9.32 Å². The Morgan fingerprint density at radius 1 is 1.03 bits per heavy atom. The van der Waals surface area contributed by atoms with Crippen molar-refractivity contribution in [2.75, 3.05) is 5.32 Å². The third-order valence-corrected chi connectivity index (χ3v) is 5.03. The quantitative estimate of drug-likeness (QED) is 0.491. The van der Waals surface area contributed by atoms with Gasteiger partial charge in [-0.2, -0.15) is 4.98 Å². The number of nitrogens with one attached hydrogen (secondary N) is 1. The molecular weight excluding hydrogens is 364 g/mol. The molecule has 2 heterocycles. The average Bonchev–Trinajstić information content (AvgIpc) is 3.37. The lowest BCUT2D eigenvalue weighted by atomic mass is 10.1. The number of carbonyl (C=O) groups is 1. The van der Waals surface area contributed by atoms with E-state index in [2.05, 4.69) is 56.8 Å². The SMILES string of the molecule is O=C(CCc1nc(-c2cccnc2)no1)Nc1ccc2c(c1)Cc1ccccc1-2. The number of fused-ring (bicyclic) bond motifs is 3. The molecule has 0 saturated carbocycles. The van der Waals surface area contributed by atoms with Crippen molar-refractivity contribution >= 4 is 11.6 Å². The number of hydrogen-bond acceptors (Lipinski definition) is 5. The Labute approximate surface area is 167 Å². The van der Waals surface area contributed by atoms with E-state index in [0.29, 0.717) is 18.1 Å². The number of carbonyl (C=O) groups excluding carboxylic acids is 1. The highest BCUT2D eigenvalue weighted by Crippen LogP contribution is 2.37. The van der Waals surface area contributed by atoms with Gasteiger partial charge in [-0.05, 0) is 52.9 Å². The molecule has 1 aliphatic carbocycles. The molecule has 1 aliphatic rings. The van der Waals surface area contributed by atoms with E-state index in [-0.39, 0.29) is 12.3 Å². The van der Waals surface area contributed by atoms with E-state index in [1.54, 1.807) is 12.4 Å². The lowest BCUT2D eigenvalue weighted by Gasteiger charge is -2.07. The van der Waals surface area contributed by atoms with Gasteiger partial charge in [0.25, 0.3) is 0 Å². The lowest BCUT2D eigenvalue weighted by molar-refractivity contribution is -0.116. The fourth-order valence-corrected chi connectivity index (χ4v) is 3.64. The molecule has 142 valence electrons. The monoisotopic (exact) mass is 382 g/mol. The minimum Gasteiger partial charge on any atom is -0.339 e. The average molecular weight is 382 g/mol. The number of pyridine rings is 1. The molecule has 1 N–H and O–H groups in total. The second-order valence-electron chi connectivity index (χ2n) is 7.01. The van der Waals surface area contributed by atoms with Crippen molar-refractivity contribution in [3.8, 4) is 22.5 Å². The minimum absolute atomic E-state index is 0.0819. The first-order chi connectivity index (χ1) is 14.3. The van der Waals surface area contributed by atoms with Gasteiger partial charge in [0.15, 0.2) is 0 Å². The van der Waals surface area contributed by atoms with Gasteiger partial charge in [0.1, 0.15) is 0 Å². The molecule has 6 heteroatoms. The van der Waals surface area contributed by atoms with Crippen LogP contribution in [0.2, 0.25) is 0 Å². The molecule has 0 fully saturated rings. The largest absolute Gasteiger partial charge is 0.339 e. The fourth-order valence-electron chi connectivity index (χ4n) is 3.64. The Morgan fingerprint density at radius 2 is 1.93 bits per heavy atom. The molecule has 5 rings (SSSR count). The topological polar surface area (TPSA) is 80.9 Å². The standard InChI is InChI=1S/C23H18N4O2/c28-21(9-10-22-26-23(27-29-22)16-5-3-11-24-14-16)25-18-7-8-20-17(13-18)12-15-4-1-2-6-19(15)20/h1-8,11,13-14H,9-10,12H2,(H,25,28). The van der Waals surface area contributed by atoms with Crippen LogP contribution in [-0.2, 0) is 17.6 Å². The van der Waals surface area contributed by atoms with Crippen LogP contribution in [0.15, 0.2) is 71.5 Å². The Hall–Kier alpha value is -3.80. The highest BCUT2D eigenvalue weighted by molar-refractivity contribution is 5.92. The number of amides is 1. The number of hydrogen-bond donors (Lipinski definition) is 1. The maximum atomic E-state index is 12.4. The third kappa shape index (κ3) is 3.52. The number of aromatic nitrogens is 3. The molecule has 1 amide bonds. The fraction of sp³-hybridized carbons (Fsp3) is 0.130. The zero-order valence-corrected chi connectivity index (χ0v) is 15.6. The highest BCUT2D eigenvalue weighted by Gasteiger charge is 2.18. The summed E-state index contributed by atoms with van der Waals surface area (Å²) in [4.78, 5) is 20.7. The summed E-state index contributed by atoms with van der Waals surface area (Å²) < 4.78 is 5.25. The van der Waals surface area contributed by atoms with Crippen LogP contribution in [-0.4, -0.2) is 21.0 Å². The first kappa shape index (κ1) is 17.3. The van der Waals surface area contributed by atoms with Gasteiger partial charge in [-0.15, -0.1) is 0 Å². The predicted octanol–water partition coefficient (Wildman–Crippen LogP) is 4.27. The van der Waals surface area contributed by atoms with Crippen molar-refractivity contribution in [1.82, 2.24) is 15.1 Å². The molecule has 0 radical (unpaired) electrons. The minimum atomic E-state index is -0.0819. The van der Waals surface area contributed by atoms with Gasteiger partial charge in [0, 0.05) is 36.5 Å². The van der Waals surface area contributed by atoms with Gasteiger partial charge >= 0.3 is 0 Å². The van der Waals surface area contributed by atoms with Crippen molar-refractivity contribution in [2.45, 2.75) is 19.3 Å². The number of nitrogens with zero attached hydrogens (tertiary/aromatic N) is 3. The zero-order valence-electron chi connectivity index (χ0n) is 15.6. The summed E-state index contributed by atoms with van der Waals surface area (Å²) in [6.07, 6.45) is 4.91. The third-order valence-electron chi connectivity index (χ3n) is 5.03. The molecule has 0 saturated heterocycles. The summed E-state index contributed by atoms with van der Waals surface area (Å²) in [5.41, 5.74) is 6.68. The van der Waals surface area contributed by atoms with E-state index >= 15 is 0 Å². The molecule has 2 aromatic heterocycles. The molecule has 0 aliphatic heterocycles. The van der Waals surface area contributed by atoms with Crippen molar-refractivity contribution in [3.05, 3.63) is 84.0 Å². The Balaban J connectivity index is 1.21. The molecule has 0 bridgehead atoms. The maximum Gasteiger partial charge on any atom is 0.227 e. The van der Waals surface area contributed by atoms with Crippen LogP contribution < -0.4 is 5.32 Å². The normalized spacial score (nSPS) is 11.7. The van der Waals surface area contributed by atoms with Gasteiger partial charge in [-0.1, -0.05) is 35.5 Å². The van der Waals surface area contributed by atoms with E-state index in [0.717, 1.165) is 17.7 Å². The number of benzene rings is 2. The number of rotatable bonds is 5. The molecule has 0 spiro atoms. The summed E-state index contributed by atoms with van der Waals surface area (Å²) in [5.74, 6) is 0.830. The van der Waals surface area contributed by atoms with Crippen LogP contribution >= 0.6 is 0 Å². The number of anilines is 1. The van der Waals surface area contributed by atoms with Gasteiger partial charge in [0.05, 0.1) is 0 Å². The summed E-state index contributed by atoms with van der Waals surface area (Å²) in [7, 11) is 0. The van der Waals surface area contributed by atoms with E-state index in [1.165, 1.54) is 22.3 Å². The molecule has 29 heavy (non-hydrogen) atoms. The van der Waals surface area contributed by atoms with Crippen LogP contribution in [0.3, 0.4) is 0 Å². The summed E-state index contributed by atoms with van der Waals surface area (Å²) in [5, 5.41) is 6.92. The summed E-state index contributed by atoms with van der Waals surface area (Å²) in [6, 6.07) is 18.2. The van der Waals surface area contributed by atoms with E-state index in [4.69, 9.17) is 4.52 Å². The van der Waals surface area contributed by atoms with E-state index in [1.807, 2.05) is 18.2 Å².